The Morgan fingerprint density at radius 3 is 2.84 bits per heavy atom. The lowest BCUT2D eigenvalue weighted by Crippen LogP contribution is -2.39. The molecular formula is C25H34FN3O3. The molecule has 1 spiro atoms. The lowest BCUT2D eigenvalue weighted by atomic mass is 9.76. The second kappa shape index (κ2) is 9.69. The van der Waals surface area contributed by atoms with Gasteiger partial charge in [0.2, 0.25) is 5.91 Å². The first-order valence-corrected chi connectivity index (χ1v) is 12.0. The Hall–Kier alpha value is -2.28. The predicted molar refractivity (Wildman–Crippen MR) is 123 cm³/mol. The number of carbonyl (C=O) groups excluding carboxylic acids is 2. The first kappa shape index (κ1) is 22.9. The summed E-state index contributed by atoms with van der Waals surface area (Å²) in [5.74, 6) is -0.224. The number of hydrogen-bond acceptors (Lipinski definition) is 4. The third-order valence-corrected chi connectivity index (χ3v) is 7.40. The van der Waals surface area contributed by atoms with Gasteiger partial charge in [0.1, 0.15) is 5.82 Å². The summed E-state index contributed by atoms with van der Waals surface area (Å²) in [7, 11) is 0. The molecule has 3 aliphatic rings. The number of fused-ring (bicyclic) bond motifs is 2. The van der Waals surface area contributed by atoms with Crippen molar-refractivity contribution in [3.8, 4) is 0 Å². The third kappa shape index (κ3) is 4.72. The molecule has 1 aromatic rings. The van der Waals surface area contributed by atoms with E-state index in [0.717, 1.165) is 81.4 Å². The zero-order valence-corrected chi connectivity index (χ0v) is 19.2. The zero-order chi connectivity index (χ0) is 22.7. The van der Waals surface area contributed by atoms with Crippen LogP contribution in [0.2, 0.25) is 0 Å². The molecule has 1 saturated carbocycles. The molecule has 1 aromatic carbocycles. The fourth-order valence-electron chi connectivity index (χ4n) is 5.81. The molecule has 6 nitrogen and oxygen atoms in total. The van der Waals surface area contributed by atoms with E-state index in [4.69, 9.17) is 4.74 Å². The van der Waals surface area contributed by atoms with E-state index >= 15 is 0 Å². The lowest BCUT2D eigenvalue weighted by molar-refractivity contribution is -0.116. The molecule has 2 heterocycles. The number of nitrogens with zero attached hydrogens (tertiary/aromatic N) is 3. The minimum absolute atomic E-state index is 0.0134. The van der Waals surface area contributed by atoms with Crippen LogP contribution in [-0.4, -0.2) is 54.9 Å². The van der Waals surface area contributed by atoms with E-state index < -0.39 is 6.09 Å². The third-order valence-electron chi connectivity index (χ3n) is 7.40. The number of amides is 2. The summed E-state index contributed by atoms with van der Waals surface area (Å²) in [6.07, 6.45) is 7.29. The Bertz CT molecular complexity index is 902. The summed E-state index contributed by atoms with van der Waals surface area (Å²) >= 11 is 0. The van der Waals surface area contributed by atoms with E-state index in [-0.39, 0.29) is 17.1 Å². The maximum atomic E-state index is 14.2. The van der Waals surface area contributed by atoms with Gasteiger partial charge in [0.15, 0.2) is 0 Å². The molecule has 2 fully saturated rings. The molecule has 0 radical (unpaired) electrons. The number of carbonyl (C=O) groups is 2. The predicted octanol–water partition coefficient (Wildman–Crippen LogP) is 4.85. The second-order valence-corrected chi connectivity index (χ2v) is 9.42. The van der Waals surface area contributed by atoms with Gasteiger partial charge in [-0.25, -0.2) is 9.18 Å². The van der Waals surface area contributed by atoms with Gasteiger partial charge in [-0.15, -0.1) is 0 Å². The molecule has 2 amide bonds. The number of likely N-dealkylation sites (tertiary alicyclic amines) is 1. The number of hydrogen-bond donors (Lipinski definition) is 0. The number of rotatable bonds is 2. The average Bonchev–Trinajstić information content (AvgIpc) is 2.91. The van der Waals surface area contributed by atoms with Gasteiger partial charge in [0.25, 0.3) is 0 Å². The molecule has 2 aliphatic heterocycles. The van der Waals surface area contributed by atoms with E-state index in [0.29, 0.717) is 19.2 Å². The van der Waals surface area contributed by atoms with E-state index in [1.54, 1.807) is 26.0 Å². The first-order valence-electron chi connectivity index (χ1n) is 12.0. The largest absolute Gasteiger partial charge is 0.448 e. The van der Waals surface area contributed by atoms with Gasteiger partial charge < -0.3 is 9.64 Å². The van der Waals surface area contributed by atoms with Crippen LogP contribution in [-0.2, 0) is 14.9 Å². The molecule has 7 heteroatoms. The van der Waals surface area contributed by atoms with Crippen LogP contribution < -0.4 is 4.90 Å². The summed E-state index contributed by atoms with van der Waals surface area (Å²) in [4.78, 5) is 32.8. The standard InChI is InChI=1S/C25H34FN3O3/c1-3-32-24(31)27-20-7-4-5-8-21(16-20)28-13-6-11-25(12-14-28)17-29(18(2)30)23-10-9-19(26)15-22(23)25/h9-10,15,21H,3-8,11-14,16-17H2,1-2H3. The van der Waals surface area contributed by atoms with E-state index in [1.807, 2.05) is 4.90 Å². The Labute approximate surface area is 189 Å². The van der Waals surface area contributed by atoms with Gasteiger partial charge >= 0.3 is 6.09 Å². The monoisotopic (exact) mass is 443 g/mol. The molecule has 4 rings (SSSR count). The molecule has 32 heavy (non-hydrogen) atoms. The highest BCUT2D eigenvalue weighted by Crippen LogP contribution is 2.47. The maximum Gasteiger partial charge on any atom is 0.433 e. The van der Waals surface area contributed by atoms with Crippen molar-refractivity contribution in [3.05, 3.63) is 29.6 Å². The Balaban J connectivity index is 1.51. The first-order chi connectivity index (χ1) is 15.4. The van der Waals surface area contributed by atoms with Crippen molar-refractivity contribution in [2.75, 3.05) is 31.1 Å². The Morgan fingerprint density at radius 2 is 2.06 bits per heavy atom. The van der Waals surface area contributed by atoms with Crippen molar-refractivity contribution in [1.82, 2.24) is 4.90 Å². The van der Waals surface area contributed by atoms with Crippen LogP contribution in [0.4, 0.5) is 14.9 Å². The number of anilines is 1. The van der Waals surface area contributed by atoms with E-state index in [2.05, 4.69) is 9.89 Å². The van der Waals surface area contributed by atoms with Crippen molar-refractivity contribution in [1.29, 1.82) is 0 Å². The maximum absolute atomic E-state index is 14.2. The van der Waals surface area contributed by atoms with Gasteiger partial charge in [-0.05, 0) is 82.3 Å². The molecular weight excluding hydrogens is 409 g/mol. The van der Waals surface area contributed by atoms with Gasteiger partial charge in [0, 0.05) is 42.7 Å². The van der Waals surface area contributed by atoms with Crippen LogP contribution in [0.25, 0.3) is 0 Å². The summed E-state index contributed by atoms with van der Waals surface area (Å²) in [5.41, 5.74) is 2.61. The fourth-order valence-corrected chi connectivity index (χ4v) is 5.81. The van der Waals surface area contributed by atoms with Crippen LogP contribution in [0, 0.1) is 5.82 Å². The zero-order valence-electron chi connectivity index (χ0n) is 19.2. The summed E-state index contributed by atoms with van der Waals surface area (Å²) in [6.45, 7) is 6.23. The summed E-state index contributed by atoms with van der Waals surface area (Å²) in [6, 6.07) is 5.21. The number of benzene rings is 1. The van der Waals surface area contributed by atoms with E-state index in [9.17, 15) is 14.0 Å². The summed E-state index contributed by atoms with van der Waals surface area (Å²) in [5, 5.41) is 0. The molecule has 1 aliphatic carbocycles. The van der Waals surface area contributed by atoms with Crippen LogP contribution >= 0.6 is 0 Å². The van der Waals surface area contributed by atoms with Gasteiger partial charge in [0.05, 0.1) is 6.61 Å². The normalized spacial score (nSPS) is 27.8. The minimum atomic E-state index is -0.480. The molecule has 2 unspecified atom stereocenters. The number of ether oxygens (including phenoxy) is 1. The topological polar surface area (TPSA) is 62.2 Å². The molecule has 0 N–H and O–H groups in total. The van der Waals surface area contributed by atoms with Crippen molar-refractivity contribution >= 4 is 23.4 Å². The van der Waals surface area contributed by atoms with Gasteiger partial charge in [-0.3, -0.25) is 9.69 Å². The smallest absolute Gasteiger partial charge is 0.433 e. The van der Waals surface area contributed by atoms with Crippen molar-refractivity contribution in [3.63, 3.8) is 0 Å². The van der Waals surface area contributed by atoms with Crippen LogP contribution in [0.1, 0.15) is 70.8 Å². The molecule has 174 valence electrons. The highest BCUT2D eigenvalue weighted by atomic mass is 19.1. The van der Waals surface area contributed by atoms with E-state index in [1.165, 1.54) is 6.07 Å². The Morgan fingerprint density at radius 1 is 1.22 bits per heavy atom. The molecule has 2 atom stereocenters. The Kier molecular flexibility index (Phi) is 6.93. The van der Waals surface area contributed by atoms with Crippen LogP contribution in [0.5, 0.6) is 0 Å². The average molecular weight is 444 g/mol. The van der Waals surface area contributed by atoms with Crippen molar-refractivity contribution < 1.29 is 18.7 Å². The SMILES string of the molecule is CCOC(=O)N=C1CCCCC(N2CCCC3(CC2)CN(C(C)=O)c2ccc(F)cc23)C1. The second-order valence-electron chi connectivity index (χ2n) is 9.42. The van der Waals surface area contributed by atoms with Gasteiger partial charge in [-0.2, -0.15) is 4.99 Å². The van der Waals surface area contributed by atoms with Crippen molar-refractivity contribution in [2.45, 2.75) is 76.7 Å². The van der Waals surface area contributed by atoms with Gasteiger partial charge in [-0.1, -0.05) is 6.42 Å². The van der Waals surface area contributed by atoms with Crippen LogP contribution in [0.15, 0.2) is 23.2 Å². The lowest BCUT2D eigenvalue weighted by Gasteiger charge is -2.32. The molecule has 0 bridgehead atoms. The molecule has 0 aromatic heterocycles. The fraction of sp³-hybridized carbons (Fsp3) is 0.640. The number of halogens is 1. The van der Waals surface area contributed by atoms with Crippen molar-refractivity contribution in [2.24, 2.45) is 4.99 Å². The highest BCUT2D eigenvalue weighted by molar-refractivity contribution is 5.95. The number of aliphatic imine (C=N–C) groups is 1. The highest BCUT2D eigenvalue weighted by Gasteiger charge is 2.45. The minimum Gasteiger partial charge on any atom is -0.448 e. The van der Waals surface area contributed by atoms with Crippen LogP contribution in [0.3, 0.4) is 0 Å². The quantitative estimate of drug-likeness (QED) is 0.613. The summed E-state index contributed by atoms with van der Waals surface area (Å²) < 4.78 is 19.2. The molecule has 1 saturated heterocycles.